The smallest absolute Gasteiger partial charge is 0.157 e. The summed E-state index contributed by atoms with van der Waals surface area (Å²) in [5.74, 6) is 1.72. The Morgan fingerprint density at radius 1 is 1.26 bits per heavy atom. The number of ether oxygens (including phenoxy) is 1. The second kappa shape index (κ2) is 4.61. The molecule has 3 N–H and O–H groups in total. The molecule has 0 saturated heterocycles. The molecule has 0 aliphatic carbocycles. The summed E-state index contributed by atoms with van der Waals surface area (Å²) >= 11 is 0. The average molecular weight is 254 g/mol. The van der Waals surface area contributed by atoms with Crippen LogP contribution in [0, 0.1) is 0 Å². The number of anilines is 1. The van der Waals surface area contributed by atoms with Crippen molar-refractivity contribution in [3.8, 4) is 5.75 Å². The molecule has 0 atom stereocenters. The fourth-order valence-corrected chi connectivity index (χ4v) is 1.98. The van der Waals surface area contributed by atoms with E-state index >= 15 is 0 Å². The lowest BCUT2D eigenvalue weighted by atomic mass is 10.1. The second-order valence-electron chi connectivity index (χ2n) is 4.34. The van der Waals surface area contributed by atoms with Gasteiger partial charge in [-0.25, -0.2) is 9.97 Å². The Balaban J connectivity index is 1.87. The third-order valence-corrected chi connectivity index (χ3v) is 2.94. The summed E-state index contributed by atoms with van der Waals surface area (Å²) in [4.78, 5) is 11.9. The fourth-order valence-electron chi connectivity index (χ4n) is 1.98. The van der Waals surface area contributed by atoms with Crippen LogP contribution in [-0.2, 0) is 6.42 Å². The van der Waals surface area contributed by atoms with Crippen LogP contribution in [0.25, 0.3) is 11.2 Å². The van der Waals surface area contributed by atoms with E-state index in [4.69, 9.17) is 10.5 Å². The van der Waals surface area contributed by atoms with Gasteiger partial charge in [0.2, 0.25) is 0 Å². The number of nitrogens with one attached hydrogen (secondary N) is 1. The summed E-state index contributed by atoms with van der Waals surface area (Å²) in [5, 5.41) is 0. The molecule has 0 unspecified atom stereocenters. The summed E-state index contributed by atoms with van der Waals surface area (Å²) in [6.07, 6.45) is 2.35. The van der Waals surface area contributed by atoms with Crippen LogP contribution in [0.1, 0.15) is 11.4 Å². The van der Waals surface area contributed by atoms with E-state index in [0.29, 0.717) is 5.69 Å². The van der Waals surface area contributed by atoms with Gasteiger partial charge in [0.15, 0.2) is 5.65 Å². The number of H-pyrrole nitrogens is 1. The average Bonchev–Trinajstić information content (AvgIpc) is 2.81. The van der Waals surface area contributed by atoms with E-state index in [9.17, 15) is 0 Å². The summed E-state index contributed by atoms with van der Waals surface area (Å²) < 4.78 is 5.13. The number of nitrogens with two attached hydrogens (primary N) is 1. The summed E-state index contributed by atoms with van der Waals surface area (Å²) in [5.41, 5.74) is 9.02. The number of hydrogen-bond donors (Lipinski definition) is 2. The maximum atomic E-state index is 5.69. The minimum atomic E-state index is 0.620. The summed E-state index contributed by atoms with van der Waals surface area (Å²) in [7, 11) is 1.66. The van der Waals surface area contributed by atoms with Crippen molar-refractivity contribution in [1.29, 1.82) is 0 Å². The van der Waals surface area contributed by atoms with Crippen molar-refractivity contribution in [2.45, 2.75) is 6.42 Å². The van der Waals surface area contributed by atoms with E-state index < -0.39 is 0 Å². The molecule has 0 amide bonds. The molecule has 2 heterocycles. The lowest BCUT2D eigenvalue weighted by molar-refractivity contribution is 0.414. The first-order valence-electron chi connectivity index (χ1n) is 5.97. The molecular formula is C14H14N4O. The molecule has 0 radical (unpaired) electrons. The quantitative estimate of drug-likeness (QED) is 0.750. The van der Waals surface area contributed by atoms with E-state index in [1.807, 2.05) is 30.3 Å². The molecule has 0 aliphatic rings. The van der Waals surface area contributed by atoms with Gasteiger partial charge in [-0.05, 0) is 23.8 Å². The van der Waals surface area contributed by atoms with Gasteiger partial charge in [-0.2, -0.15) is 0 Å². The van der Waals surface area contributed by atoms with E-state index in [-0.39, 0.29) is 0 Å². The standard InChI is InChI=1S/C14H14N4O/c1-19-11-4-2-9(3-5-11)6-13-17-12-7-10(15)8-16-14(12)18-13/h2-5,7-8H,6,15H2,1H3,(H,16,17,18). The van der Waals surface area contributed by atoms with Gasteiger partial charge >= 0.3 is 0 Å². The van der Waals surface area contributed by atoms with Gasteiger partial charge in [-0.15, -0.1) is 0 Å². The number of nitrogen functional groups attached to an aromatic ring is 1. The highest BCUT2D eigenvalue weighted by molar-refractivity contribution is 5.74. The van der Waals surface area contributed by atoms with Crippen molar-refractivity contribution in [1.82, 2.24) is 15.0 Å². The minimum absolute atomic E-state index is 0.620. The van der Waals surface area contributed by atoms with E-state index in [2.05, 4.69) is 15.0 Å². The highest BCUT2D eigenvalue weighted by Gasteiger charge is 2.05. The Hall–Kier alpha value is -2.56. The number of fused-ring (bicyclic) bond motifs is 1. The summed E-state index contributed by atoms with van der Waals surface area (Å²) in [6.45, 7) is 0. The van der Waals surface area contributed by atoms with Gasteiger partial charge in [0.25, 0.3) is 0 Å². The molecule has 0 fully saturated rings. The predicted octanol–water partition coefficient (Wildman–Crippen LogP) is 2.14. The lowest BCUT2D eigenvalue weighted by Crippen LogP contribution is -1.91. The molecule has 96 valence electrons. The molecule has 5 nitrogen and oxygen atoms in total. The highest BCUT2D eigenvalue weighted by Crippen LogP contribution is 2.16. The zero-order valence-corrected chi connectivity index (χ0v) is 10.6. The van der Waals surface area contributed by atoms with Crippen molar-refractivity contribution in [2.75, 3.05) is 12.8 Å². The molecule has 0 bridgehead atoms. The minimum Gasteiger partial charge on any atom is -0.497 e. The Labute approximate surface area is 110 Å². The maximum Gasteiger partial charge on any atom is 0.157 e. The van der Waals surface area contributed by atoms with Crippen LogP contribution in [0.2, 0.25) is 0 Å². The monoisotopic (exact) mass is 254 g/mol. The number of imidazole rings is 1. The van der Waals surface area contributed by atoms with Crippen LogP contribution in [-0.4, -0.2) is 22.1 Å². The molecule has 3 aromatic rings. The van der Waals surface area contributed by atoms with Gasteiger partial charge in [0, 0.05) is 6.42 Å². The first-order valence-corrected chi connectivity index (χ1v) is 5.97. The van der Waals surface area contributed by atoms with Gasteiger partial charge in [0.05, 0.1) is 19.0 Å². The van der Waals surface area contributed by atoms with Crippen LogP contribution in [0.15, 0.2) is 36.5 Å². The number of benzene rings is 1. The molecule has 0 spiro atoms. The SMILES string of the molecule is COc1ccc(Cc2nc3cc(N)cnc3[nH]2)cc1. The fraction of sp³-hybridized carbons (Fsp3) is 0.143. The molecule has 0 saturated carbocycles. The maximum absolute atomic E-state index is 5.69. The first-order chi connectivity index (χ1) is 9.24. The Bertz CT molecular complexity index is 703. The molecule has 3 rings (SSSR count). The normalized spacial score (nSPS) is 10.8. The van der Waals surface area contributed by atoms with Crippen LogP contribution >= 0.6 is 0 Å². The largest absolute Gasteiger partial charge is 0.497 e. The first kappa shape index (κ1) is 11.5. The number of aromatic amines is 1. The molecule has 1 aromatic carbocycles. The van der Waals surface area contributed by atoms with E-state index in [1.165, 1.54) is 0 Å². The lowest BCUT2D eigenvalue weighted by Gasteiger charge is -2.01. The number of nitrogens with zero attached hydrogens (tertiary/aromatic N) is 2. The molecule has 19 heavy (non-hydrogen) atoms. The van der Waals surface area contributed by atoms with Gasteiger partial charge in [0.1, 0.15) is 17.1 Å². The second-order valence-corrected chi connectivity index (χ2v) is 4.34. The molecular weight excluding hydrogens is 240 g/mol. The van der Waals surface area contributed by atoms with Crippen LogP contribution in [0.4, 0.5) is 5.69 Å². The highest BCUT2D eigenvalue weighted by atomic mass is 16.5. The van der Waals surface area contributed by atoms with Crippen molar-refractivity contribution in [3.63, 3.8) is 0 Å². The van der Waals surface area contributed by atoms with E-state index in [0.717, 1.165) is 34.7 Å². The Kier molecular flexibility index (Phi) is 2.79. The zero-order valence-electron chi connectivity index (χ0n) is 10.6. The third-order valence-electron chi connectivity index (χ3n) is 2.94. The predicted molar refractivity (Wildman–Crippen MR) is 74.1 cm³/mol. The number of pyridine rings is 1. The van der Waals surface area contributed by atoms with E-state index in [1.54, 1.807) is 13.3 Å². The molecule has 0 aliphatic heterocycles. The van der Waals surface area contributed by atoms with Gasteiger partial charge in [-0.1, -0.05) is 12.1 Å². The number of methoxy groups -OCH3 is 1. The van der Waals surface area contributed by atoms with Crippen LogP contribution in [0.3, 0.4) is 0 Å². The number of rotatable bonds is 3. The van der Waals surface area contributed by atoms with Gasteiger partial charge < -0.3 is 15.5 Å². The van der Waals surface area contributed by atoms with Crippen molar-refractivity contribution >= 4 is 16.9 Å². The zero-order chi connectivity index (χ0) is 13.2. The van der Waals surface area contributed by atoms with Gasteiger partial charge in [-0.3, -0.25) is 0 Å². The molecule has 2 aromatic heterocycles. The van der Waals surface area contributed by atoms with Crippen molar-refractivity contribution in [3.05, 3.63) is 47.9 Å². The van der Waals surface area contributed by atoms with Crippen LogP contribution < -0.4 is 10.5 Å². The Morgan fingerprint density at radius 2 is 2.05 bits per heavy atom. The summed E-state index contributed by atoms with van der Waals surface area (Å²) in [6, 6.07) is 9.74. The number of aromatic nitrogens is 3. The van der Waals surface area contributed by atoms with Crippen molar-refractivity contribution in [2.24, 2.45) is 0 Å². The Morgan fingerprint density at radius 3 is 2.79 bits per heavy atom. The third kappa shape index (κ3) is 2.35. The van der Waals surface area contributed by atoms with Crippen LogP contribution in [0.5, 0.6) is 5.75 Å². The molecule has 5 heteroatoms. The number of hydrogen-bond acceptors (Lipinski definition) is 4. The van der Waals surface area contributed by atoms with Crippen molar-refractivity contribution < 1.29 is 4.74 Å². The topological polar surface area (TPSA) is 76.8 Å².